The second kappa shape index (κ2) is 14.2. The first-order valence-electron chi connectivity index (χ1n) is 13.2. The number of benzene rings is 3. The molecule has 0 aliphatic rings. The standard InChI is InChI=1S/C30H34Cl2FN3O4S/c1-5-26(30(38)34-17-20(2)3)35(18-22-11-13-23(33)14-12-22)28(37)19-36(27-8-6-7-25(31)29(27)32)41(39,40)24-15-9-21(4)10-16-24/h6-16,20,26H,5,17-19H2,1-4H3,(H,34,38)/t26-/m1/s1. The summed E-state index contributed by atoms with van der Waals surface area (Å²) in [5, 5.41) is 2.94. The fraction of sp³-hybridized carbons (Fsp3) is 0.333. The summed E-state index contributed by atoms with van der Waals surface area (Å²) in [5.74, 6) is -1.28. The summed E-state index contributed by atoms with van der Waals surface area (Å²) in [6.45, 7) is 7.18. The van der Waals surface area contributed by atoms with Gasteiger partial charge in [0.15, 0.2) is 0 Å². The van der Waals surface area contributed by atoms with Crippen LogP contribution < -0.4 is 9.62 Å². The zero-order valence-corrected chi connectivity index (χ0v) is 25.7. The number of hydrogen-bond acceptors (Lipinski definition) is 4. The van der Waals surface area contributed by atoms with Crippen LogP contribution in [0, 0.1) is 18.7 Å². The van der Waals surface area contributed by atoms with Gasteiger partial charge in [0, 0.05) is 13.1 Å². The maximum Gasteiger partial charge on any atom is 0.264 e. The Bertz CT molecular complexity index is 1470. The molecule has 11 heteroatoms. The Morgan fingerprint density at radius 2 is 1.61 bits per heavy atom. The fourth-order valence-electron chi connectivity index (χ4n) is 4.16. The van der Waals surface area contributed by atoms with Crippen LogP contribution in [0.5, 0.6) is 0 Å². The molecule has 0 saturated carbocycles. The first-order chi connectivity index (χ1) is 19.3. The average Bonchev–Trinajstić information content (AvgIpc) is 2.93. The zero-order chi connectivity index (χ0) is 30.3. The van der Waals surface area contributed by atoms with Gasteiger partial charge in [-0.05, 0) is 61.2 Å². The first-order valence-corrected chi connectivity index (χ1v) is 15.4. The van der Waals surface area contributed by atoms with Crippen LogP contribution >= 0.6 is 23.2 Å². The maximum absolute atomic E-state index is 14.1. The third kappa shape index (κ3) is 8.21. The molecule has 0 fully saturated rings. The molecule has 3 aromatic rings. The van der Waals surface area contributed by atoms with Gasteiger partial charge in [-0.15, -0.1) is 0 Å². The molecule has 0 spiro atoms. The number of amides is 2. The summed E-state index contributed by atoms with van der Waals surface area (Å²) in [6.07, 6.45) is 0.263. The van der Waals surface area contributed by atoms with Crippen molar-refractivity contribution in [3.05, 3.63) is 93.7 Å². The Kier molecular flexibility index (Phi) is 11.2. The summed E-state index contributed by atoms with van der Waals surface area (Å²) in [5.41, 5.74) is 1.45. The van der Waals surface area contributed by atoms with Crippen LogP contribution in [-0.4, -0.2) is 44.3 Å². The van der Waals surface area contributed by atoms with E-state index in [9.17, 15) is 22.4 Å². The SMILES string of the molecule is CC[C@H](C(=O)NCC(C)C)N(Cc1ccc(F)cc1)C(=O)CN(c1cccc(Cl)c1Cl)S(=O)(=O)c1ccc(C)cc1. The first kappa shape index (κ1) is 32.4. The minimum Gasteiger partial charge on any atom is -0.354 e. The second-order valence-corrected chi connectivity index (χ2v) is 12.8. The second-order valence-electron chi connectivity index (χ2n) is 10.1. The van der Waals surface area contributed by atoms with E-state index >= 15 is 0 Å². The number of halogens is 3. The van der Waals surface area contributed by atoms with Crippen molar-refractivity contribution in [3.63, 3.8) is 0 Å². The van der Waals surface area contributed by atoms with Crippen molar-refractivity contribution in [3.8, 4) is 0 Å². The highest BCUT2D eigenvalue weighted by molar-refractivity contribution is 7.92. The molecule has 3 aromatic carbocycles. The monoisotopic (exact) mass is 621 g/mol. The third-order valence-corrected chi connectivity index (χ3v) is 9.01. The number of nitrogens with zero attached hydrogens (tertiary/aromatic N) is 2. The molecule has 220 valence electrons. The minimum absolute atomic E-state index is 0.0205. The van der Waals surface area contributed by atoms with Gasteiger partial charge in [-0.2, -0.15) is 0 Å². The van der Waals surface area contributed by atoms with Crippen LogP contribution in [0.4, 0.5) is 10.1 Å². The topological polar surface area (TPSA) is 86.8 Å². The van der Waals surface area contributed by atoms with Crippen LogP contribution in [-0.2, 0) is 26.2 Å². The lowest BCUT2D eigenvalue weighted by molar-refractivity contribution is -0.140. The van der Waals surface area contributed by atoms with Gasteiger partial charge in [-0.1, -0.05) is 79.9 Å². The Labute approximate surface area is 251 Å². The van der Waals surface area contributed by atoms with Crippen LogP contribution in [0.3, 0.4) is 0 Å². The van der Waals surface area contributed by atoms with Crippen molar-refractivity contribution in [1.29, 1.82) is 0 Å². The average molecular weight is 623 g/mol. The molecule has 0 aromatic heterocycles. The Morgan fingerprint density at radius 1 is 0.976 bits per heavy atom. The van der Waals surface area contributed by atoms with Gasteiger partial charge < -0.3 is 10.2 Å². The third-order valence-electron chi connectivity index (χ3n) is 6.42. The fourth-order valence-corrected chi connectivity index (χ4v) is 6.04. The van der Waals surface area contributed by atoms with Crippen molar-refractivity contribution in [2.24, 2.45) is 5.92 Å². The Morgan fingerprint density at radius 3 is 2.20 bits per heavy atom. The van der Waals surface area contributed by atoms with Gasteiger partial charge in [-0.3, -0.25) is 13.9 Å². The van der Waals surface area contributed by atoms with Gasteiger partial charge >= 0.3 is 0 Å². The molecule has 1 N–H and O–H groups in total. The molecule has 0 unspecified atom stereocenters. The van der Waals surface area contributed by atoms with Gasteiger partial charge in [0.1, 0.15) is 18.4 Å². The van der Waals surface area contributed by atoms with Gasteiger partial charge in [-0.25, -0.2) is 12.8 Å². The minimum atomic E-state index is -4.30. The van der Waals surface area contributed by atoms with E-state index in [1.807, 2.05) is 20.8 Å². The molecule has 0 aliphatic heterocycles. The molecular weight excluding hydrogens is 588 g/mol. The molecule has 3 rings (SSSR count). The molecule has 7 nitrogen and oxygen atoms in total. The van der Waals surface area contributed by atoms with Crippen molar-refractivity contribution >= 4 is 50.7 Å². The molecule has 0 radical (unpaired) electrons. The van der Waals surface area contributed by atoms with Crippen LogP contribution in [0.25, 0.3) is 0 Å². The lowest BCUT2D eigenvalue weighted by Gasteiger charge is -2.33. The van der Waals surface area contributed by atoms with E-state index in [1.165, 1.54) is 59.5 Å². The summed E-state index contributed by atoms with van der Waals surface area (Å²) in [4.78, 5) is 28.6. The number of aryl methyl sites for hydroxylation is 1. The van der Waals surface area contributed by atoms with E-state index in [0.717, 1.165) is 9.87 Å². The van der Waals surface area contributed by atoms with Gasteiger partial charge in [0.25, 0.3) is 10.0 Å². The smallest absolute Gasteiger partial charge is 0.264 e. The summed E-state index contributed by atoms with van der Waals surface area (Å²) < 4.78 is 42.4. The Hall–Kier alpha value is -3.14. The van der Waals surface area contributed by atoms with Gasteiger partial charge in [0.2, 0.25) is 11.8 Å². The lowest BCUT2D eigenvalue weighted by Crippen LogP contribution is -2.52. The van der Waals surface area contributed by atoms with E-state index in [1.54, 1.807) is 19.1 Å². The van der Waals surface area contributed by atoms with Crippen molar-refractivity contribution in [1.82, 2.24) is 10.2 Å². The van der Waals surface area contributed by atoms with E-state index in [0.29, 0.717) is 12.1 Å². The highest BCUT2D eigenvalue weighted by Crippen LogP contribution is 2.35. The summed E-state index contributed by atoms with van der Waals surface area (Å²) >= 11 is 12.7. The molecule has 1 atom stereocenters. The maximum atomic E-state index is 14.1. The molecule has 0 saturated heterocycles. The number of carbonyl (C=O) groups is 2. The van der Waals surface area contributed by atoms with Crippen LogP contribution in [0.2, 0.25) is 10.0 Å². The van der Waals surface area contributed by atoms with Crippen LogP contribution in [0.1, 0.15) is 38.3 Å². The Balaban J connectivity index is 2.08. The van der Waals surface area contributed by atoms with E-state index < -0.39 is 34.3 Å². The molecule has 41 heavy (non-hydrogen) atoms. The summed E-state index contributed by atoms with van der Waals surface area (Å²) in [7, 11) is -4.30. The normalized spacial score (nSPS) is 12.2. The molecular formula is C30H34Cl2FN3O4S. The highest BCUT2D eigenvalue weighted by Gasteiger charge is 2.34. The largest absolute Gasteiger partial charge is 0.354 e. The van der Waals surface area contributed by atoms with E-state index in [2.05, 4.69) is 5.32 Å². The lowest BCUT2D eigenvalue weighted by atomic mass is 10.1. The summed E-state index contributed by atoms with van der Waals surface area (Å²) in [6, 6.07) is 15.4. The van der Waals surface area contributed by atoms with E-state index in [4.69, 9.17) is 23.2 Å². The predicted octanol–water partition coefficient (Wildman–Crippen LogP) is 6.22. The number of rotatable bonds is 12. The molecule has 0 heterocycles. The number of carbonyl (C=O) groups excluding carboxylic acids is 2. The number of sulfonamides is 1. The van der Waals surface area contributed by atoms with Crippen molar-refractivity contribution in [2.75, 3.05) is 17.4 Å². The quantitative estimate of drug-likeness (QED) is 0.260. The van der Waals surface area contributed by atoms with Gasteiger partial charge in [0.05, 0.1) is 20.6 Å². The number of hydrogen-bond donors (Lipinski definition) is 1. The molecule has 0 aliphatic carbocycles. The highest BCUT2D eigenvalue weighted by atomic mass is 35.5. The molecule has 2 amide bonds. The van der Waals surface area contributed by atoms with E-state index in [-0.39, 0.29) is 45.4 Å². The van der Waals surface area contributed by atoms with Crippen molar-refractivity contribution < 1.29 is 22.4 Å². The van der Waals surface area contributed by atoms with Crippen molar-refractivity contribution in [2.45, 2.75) is 51.6 Å². The number of anilines is 1. The number of nitrogens with one attached hydrogen (secondary N) is 1. The zero-order valence-electron chi connectivity index (χ0n) is 23.4. The van der Waals surface area contributed by atoms with Crippen LogP contribution in [0.15, 0.2) is 71.6 Å². The molecule has 0 bridgehead atoms. The predicted molar refractivity (Wildman–Crippen MR) is 161 cm³/mol.